The maximum Gasteiger partial charge on any atom is 0.321 e. The fourth-order valence-corrected chi connectivity index (χ4v) is 2.64. The molecule has 24 heavy (non-hydrogen) atoms. The SMILES string of the molecule is CC(=O)Nc1cc(NC(=O)N(C)CCC[C@H]2CCCO2)ccc1F. The number of halogens is 1. The van der Waals surface area contributed by atoms with Crippen molar-refractivity contribution in [3.05, 3.63) is 24.0 Å². The number of amides is 3. The van der Waals surface area contributed by atoms with Gasteiger partial charge in [-0.15, -0.1) is 0 Å². The largest absolute Gasteiger partial charge is 0.378 e. The van der Waals surface area contributed by atoms with Crippen LogP contribution in [0.5, 0.6) is 0 Å². The number of hydrogen-bond donors (Lipinski definition) is 2. The predicted molar refractivity (Wildman–Crippen MR) is 90.6 cm³/mol. The van der Waals surface area contributed by atoms with E-state index < -0.39 is 5.82 Å². The smallest absolute Gasteiger partial charge is 0.321 e. The van der Waals surface area contributed by atoms with Crippen molar-refractivity contribution in [3.63, 3.8) is 0 Å². The molecular formula is C17H24FN3O3. The molecule has 0 aliphatic carbocycles. The predicted octanol–water partition coefficient (Wildman–Crippen LogP) is 3.21. The van der Waals surface area contributed by atoms with Gasteiger partial charge in [-0.1, -0.05) is 0 Å². The van der Waals surface area contributed by atoms with E-state index in [1.54, 1.807) is 11.9 Å². The highest BCUT2D eigenvalue weighted by atomic mass is 19.1. The van der Waals surface area contributed by atoms with Crippen LogP contribution in [0.4, 0.5) is 20.6 Å². The maximum atomic E-state index is 13.6. The molecule has 1 heterocycles. The van der Waals surface area contributed by atoms with Crippen LogP contribution in [0.1, 0.15) is 32.6 Å². The van der Waals surface area contributed by atoms with Crippen LogP contribution in [0.25, 0.3) is 0 Å². The van der Waals surface area contributed by atoms with Gasteiger partial charge in [0.1, 0.15) is 5.82 Å². The summed E-state index contributed by atoms with van der Waals surface area (Å²) >= 11 is 0. The molecular weight excluding hydrogens is 313 g/mol. The molecule has 7 heteroatoms. The molecule has 1 saturated heterocycles. The van der Waals surface area contributed by atoms with Gasteiger partial charge in [0.25, 0.3) is 0 Å². The number of rotatable bonds is 6. The van der Waals surface area contributed by atoms with Crippen molar-refractivity contribution in [1.82, 2.24) is 4.90 Å². The highest BCUT2D eigenvalue weighted by Gasteiger charge is 2.16. The number of urea groups is 1. The van der Waals surface area contributed by atoms with Crippen LogP contribution in [0.2, 0.25) is 0 Å². The number of hydrogen-bond acceptors (Lipinski definition) is 3. The third kappa shape index (κ3) is 5.49. The normalized spacial score (nSPS) is 16.7. The third-order valence-corrected chi connectivity index (χ3v) is 3.92. The van der Waals surface area contributed by atoms with Crippen LogP contribution in [0, 0.1) is 5.82 Å². The second-order valence-corrected chi connectivity index (χ2v) is 6.00. The molecule has 0 radical (unpaired) electrons. The summed E-state index contributed by atoms with van der Waals surface area (Å²) in [4.78, 5) is 24.8. The van der Waals surface area contributed by atoms with Gasteiger partial charge in [-0.3, -0.25) is 4.79 Å². The molecule has 1 atom stereocenters. The van der Waals surface area contributed by atoms with E-state index >= 15 is 0 Å². The molecule has 0 aromatic heterocycles. The molecule has 1 aliphatic rings. The molecule has 0 saturated carbocycles. The van der Waals surface area contributed by atoms with Gasteiger partial charge in [-0.25, -0.2) is 9.18 Å². The molecule has 1 aromatic carbocycles. The highest BCUT2D eigenvalue weighted by molar-refractivity contribution is 5.92. The Bertz CT molecular complexity index is 588. The Balaban J connectivity index is 1.82. The quantitative estimate of drug-likeness (QED) is 0.837. The minimum Gasteiger partial charge on any atom is -0.378 e. The summed E-state index contributed by atoms with van der Waals surface area (Å²) in [5, 5.41) is 5.09. The van der Waals surface area contributed by atoms with Gasteiger partial charge in [0.05, 0.1) is 11.8 Å². The van der Waals surface area contributed by atoms with Gasteiger partial charge in [0.2, 0.25) is 5.91 Å². The zero-order valence-electron chi connectivity index (χ0n) is 14.1. The Kier molecular flexibility index (Phi) is 6.54. The second kappa shape index (κ2) is 8.63. The lowest BCUT2D eigenvalue weighted by atomic mass is 10.1. The average molecular weight is 337 g/mol. The summed E-state index contributed by atoms with van der Waals surface area (Å²) in [7, 11) is 1.71. The first-order valence-electron chi connectivity index (χ1n) is 8.16. The van der Waals surface area contributed by atoms with E-state index in [0.29, 0.717) is 18.3 Å². The van der Waals surface area contributed by atoms with Crippen molar-refractivity contribution in [2.45, 2.75) is 38.7 Å². The molecule has 1 fully saturated rings. The fraction of sp³-hybridized carbons (Fsp3) is 0.529. The van der Waals surface area contributed by atoms with Crippen LogP contribution in [0.3, 0.4) is 0 Å². The minimum atomic E-state index is -0.548. The fourth-order valence-electron chi connectivity index (χ4n) is 2.64. The summed E-state index contributed by atoms with van der Waals surface area (Å²) in [6.07, 6.45) is 4.34. The molecule has 3 amide bonds. The van der Waals surface area contributed by atoms with Crippen LogP contribution in [-0.4, -0.2) is 43.1 Å². The number of nitrogens with one attached hydrogen (secondary N) is 2. The van der Waals surface area contributed by atoms with Gasteiger partial charge < -0.3 is 20.3 Å². The molecule has 0 unspecified atom stereocenters. The Labute approximate surface area is 141 Å². The van der Waals surface area contributed by atoms with Crippen molar-refractivity contribution in [3.8, 4) is 0 Å². The number of anilines is 2. The van der Waals surface area contributed by atoms with Crippen molar-refractivity contribution in [2.24, 2.45) is 0 Å². The van der Waals surface area contributed by atoms with Crippen LogP contribution in [0.15, 0.2) is 18.2 Å². The van der Waals surface area contributed by atoms with Crippen molar-refractivity contribution < 1.29 is 18.7 Å². The maximum absolute atomic E-state index is 13.6. The summed E-state index contributed by atoms with van der Waals surface area (Å²) in [5.74, 6) is -0.920. The van der Waals surface area contributed by atoms with E-state index in [4.69, 9.17) is 4.74 Å². The average Bonchev–Trinajstić information content (AvgIpc) is 3.03. The monoisotopic (exact) mass is 337 g/mol. The van der Waals surface area contributed by atoms with E-state index in [0.717, 1.165) is 32.3 Å². The van der Waals surface area contributed by atoms with Crippen molar-refractivity contribution in [2.75, 3.05) is 30.8 Å². The van der Waals surface area contributed by atoms with E-state index in [2.05, 4.69) is 10.6 Å². The first kappa shape index (κ1) is 18.2. The zero-order chi connectivity index (χ0) is 17.5. The third-order valence-electron chi connectivity index (χ3n) is 3.92. The van der Waals surface area contributed by atoms with E-state index in [9.17, 15) is 14.0 Å². The van der Waals surface area contributed by atoms with Gasteiger partial charge >= 0.3 is 6.03 Å². The summed E-state index contributed by atoms with van der Waals surface area (Å²) in [5.41, 5.74) is 0.470. The topological polar surface area (TPSA) is 70.7 Å². The molecule has 2 N–H and O–H groups in total. The summed E-state index contributed by atoms with van der Waals surface area (Å²) < 4.78 is 19.1. The first-order chi connectivity index (χ1) is 11.5. The van der Waals surface area contributed by atoms with Gasteiger partial charge in [-0.05, 0) is 43.9 Å². The Morgan fingerprint density at radius 2 is 2.17 bits per heavy atom. The Hall–Kier alpha value is -2.15. The lowest BCUT2D eigenvalue weighted by Gasteiger charge is -2.19. The molecule has 6 nitrogen and oxygen atoms in total. The van der Waals surface area contributed by atoms with Gasteiger partial charge in [0, 0.05) is 32.8 Å². The second-order valence-electron chi connectivity index (χ2n) is 6.00. The lowest BCUT2D eigenvalue weighted by Crippen LogP contribution is -2.32. The number of nitrogens with zero attached hydrogens (tertiary/aromatic N) is 1. The highest BCUT2D eigenvalue weighted by Crippen LogP contribution is 2.20. The molecule has 0 bridgehead atoms. The van der Waals surface area contributed by atoms with E-state index in [-0.39, 0.29) is 17.6 Å². The molecule has 1 aliphatic heterocycles. The van der Waals surface area contributed by atoms with Crippen LogP contribution in [-0.2, 0) is 9.53 Å². The summed E-state index contributed by atoms with van der Waals surface area (Å²) in [6, 6.07) is 3.79. The number of ether oxygens (including phenoxy) is 1. The molecule has 132 valence electrons. The number of carbonyl (C=O) groups is 2. The van der Waals surface area contributed by atoms with Crippen LogP contribution >= 0.6 is 0 Å². The van der Waals surface area contributed by atoms with Crippen molar-refractivity contribution in [1.29, 1.82) is 0 Å². The molecule has 2 rings (SSSR count). The number of carbonyl (C=O) groups excluding carboxylic acids is 2. The first-order valence-corrected chi connectivity index (χ1v) is 8.16. The minimum absolute atomic E-state index is 0.0429. The van der Waals surface area contributed by atoms with Crippen LogP contribution < -0.4 is 10.6 Å². The van der Waals surface area contributed by atoms with Gasteiger partial charge in [-0.2, -0.15) is 0 Å². The Morgan fingerprint density at radius 3 is 2.83 bits per heavy atom. The molecule has 0 spiro atoms. The molecule has 1 aromatic rings. The Morgan fingerprint density at radius 1 is 1.38 bits per heavy atom. The van der Waals surface area contributed by atoms with E-state index in [1.807, 2.05) is 0 Å². The standard InChI is InChI=1S/C17H24FN3O3/c1-12(22)19-16-11-13(7-8-15(16)18)20-17(23)21(2)9-3-5-14-6-4-10-24-14/h7-8,11,14H,3-6,9-10H2,1-2H3,(H,19,22)(H,20,23)/t14-/m0/s1. The van der Waals surface area contributed by atoms with Crippen molar-refractivity contribution >= 4 is 23.3 Å². The van der Waals surface area contributed by atoms with Gasteiger partial charge in [0.15, 0.2) is 0 Å². The number of benzene rings is 1. The zero-order valence-corrected chi connectivity index (χ0v) is 14.1. The lowest BCUT2D eigenvalue weighted by molar-refractivity contribution is -0.114. The summed E-state index contributed by atoms with van der Waals surface area (Å²) in [6.45, 7) is 2.75. The van der Waals surface area contributed by atoms with E-state index in [1.165, 1.54) is 25.1 Å².